The lowest BCUT2D eigenvalue weighted by Gasteiger charge is -2.39. The van der Waals surface area contributed by atoms with Crippen molar-refractivity contribution >= 4 is 5.91 Å². The second kappa shape index (κ2) is 7.53. The molecule has 1 saturated heterocycles. The largest absolute Gasteiger partial charge is 0.497 e. The average Bonchev–Trinajstić information content (AvgIpc) is 3.14. The Morgan fingerprint density at radius 2 is 2.12 bits per heavy atom. The van der Waals surface area contributed by atoms with Gasteiger partial charge in [0.25, 0.3) is 5.91 Å². The fraction of sp³-hybridized carbons (Fsp3) is 0.421. The second-order valence-corrected chi connectivity index (χ2v) is 6.32. The maximum atomic E-state index is 12.2. The molecular weight excluding hydrogens is 304 g/mol. The number of carbonyl (C=O) groups is 1. The van der Waals surface area contributed by atoms with Gasteiger partial charge < -0.3 is 14.5 Å². The van der Waals surface area contributed by atoms with Gasteiger partial charge in [-0.2, -0.15) is 0 Å². The molecule has 128 valence electrons. The topological polar surface area (TPSA) is 54.7 Å². The van der Waals surface area contributed by atoms with Gasteiger partial charge in [0, 0.05) is 12.6 Å². The molecule has 2 aromatic rings. The summed E-state index contributed by atoms with van der Waals surface area (Å²) in [6, 6.07) is 10.2. The first-order chi connectivity index (χ1) is 11.7. The van der Waals surface area contributed by atoms with E-state index in [1.165, 1.54) is 18.1 Å². The highest BCUT2D eigenvalue weighted by atomic mass is 16.5. The number of hydrogen-bond donors (Lipinski definition) is 1. The molecule has 2 unspecified atom stereocenters. The SMILES string of the molecule is COc1ccc(C2C(CNC(=O)c3ccoc3)CCCN2C)cc1. The van der Waals surface area contributed by atoms with E-state index in [1.807, 2.05) is 12.1 Å². The number of furan rings is 1. The second-order valence-electron chi connectivity index (χ2n) is 6.32. The third kappa shape index (κ3) is 3.62. The maximum Gasteiger partial charge on any atom is 0.254 e. The summed E-state index contributed by atoms with van der Waals surface area (Å²) in [5.74, 6) is 1.17. The van der Waals surface area contributed by atoms with E-state index in [4.69, 9.17) is 9.15 Å². The molecule has 0 radical (unpaired) electrons. The summed E-state index contributed by atoms with van der Waals surface area (Å²) in [5.41, 5.74) is 1.83. The first-order valence-electron chi connectivity index (χ1n) is 8.33. The van der Waals surface area contributed by atoms with Gasteiger partial charge in [-0.25, -0.2) is 0 Å². The van der Waals surface area contributed by atoms with E-state index in [0.29, 0.717) is 24.1 Å². The molecule has 0 aliphatic carbocycles. The molecule has 1 aromatic heterocycles. The zero-order valence-corrected chi connectivity index (χ0v) is 14.2. The zero-order valence-electron chi connectivity index (χ0n) is 14.2. The summed E-state index contributed by atoms with van der Waals surface area (Å²) < 4.78 is 10.2. The highest BCUT2D eigenvalue weighted by molar-refractivity contribution is 5.93. The van der Waals surface area contributed by atoms with Crippen LogP contribution in [0, 0.1) is 5.92 Å². The minimum atomic E-state index is -0.0783. The van der Waals surface area contributed by atoms with Crippen molar-refractivity contribution in [3.8, 4) is 5.75 Å². The zero-order chi connectivity index (χ0) is 16.9. The van der Waals surface area contributed by atoms with Crippen LogP contribution in [0.2, 0.25) is 0 Å². The van der Waals surface area contributed by atoms with Crippen LogP contribution in [0.25, 0.3) is 0 Å². The maximum absolute atomic E-state index is 12.2. The van der Waals surface area contributed by atoms with Crippen molar-refractivity contribution in [3.63, 3.8) is 0 Å². The van der Waals surface area contributed by atoms with E-state index in [1.54, 1.807) is 13.2 Å². The molecule has 1 aliphatic rings. The van der Waals surface area contributed by atoms with E-state index >= 15 is 0 Å². The summed E-state index contributed by atoms with van der Waals surface area (Å²) in [6.07, 6.45) is 5.24. The Morgan fingerprint density at radius 3 is 2.79 bits per heavy atom. The summed E-state index contributed by atoms with van der Waals surface area (Å²) in [7, 11) is 3.83. The molecule has 0 spiro atoms. The smallest absolute Gasteiger partial charge is 0.254 e. The Balaban J connectivity index is 1.70. The van der Waals surface area contributed by atoms with Crippen LogP contribution in [0.4, 0.5) is 0 Å². The summed E-state index contributed by atoms with van der Waals surface area (Å²) in [6.45, 7) is 1.73. The molecule has 3 rings (SSSR count). The minimum Gasteiger partial charge on any atom is -0.497 e. The minimum absolute atomic E-state index is 0.0783. The molecule has 24 heavy (non-hydrogen) atoms. The van der Waals surface area contributed by atoms with Crippen LogP contribution < -0.4 is 10.1 Å². The number of methoxy groups -OCH3 is 1. The van der Waals surface area contributed by atoms with Crippen LogP contribution in [0.15, 0.2) is 47.3 Å². The fourth-order valence-corrected chi connectivity index (χ4v) is 3.52. The third-order valence-corrected chi connectivity index (χ3v) is 4.77. The van der Waals surface area contributed by atoms with Crippen molar-refractivity contribution in [2.45, 2.75) is 18.9 Å². The van der Waals surface area contributed by atoms with Crippen LogP contribution in [0.1, 0.15) is 34.8 Å². The molecule has 1 N–H and O–H groups in total. The lowest BCUT2D eigenvalue weighted by molar-refractivity contribution is 0.0891. The molecule has 0 bridgehead atoms. The number of amides is 1. The molecule has 1 fully saturated rings. The Kier molecular flexibility index (Phi) is 5.20. The molecule has 5 nitrogen and oxygen atoms in total. The van der Waals surface area contributed by atoms with Gasteiger partial charge in [-0.3, -0.25) is 9.69 Å². The first-order valence-corrected chi connectivity index (χ1v) is 8.33. The number of benzene rings is 1. The molecular formula is C19H24N2O3. The normalized spacial score (nSPS) is 21.4. The van der Waals surface area contributed by atoms with Crippen LogP contribution >= 0.6 is 0 Å². The van der Waals surface area contributed by atoms with E-state index in [9.17, 15) is 4.79 Å². The van der Waals surface area contributed by atoms with E-state index in [2.05, 4.69) is 29.4 Å². The van der Waals surface area contributed by atoms with E-state index in [0.717, 1.165) is 25.1 Å². The monoisotopic (exact) mass is 328 g/mol. The summed E-state index contributed by atoms with van der Waals surface area (Å²) in [4.78, 5) is 14.5. The van der Waals surface area contributed by atoms with Gasteiger partial charge in [0.1, 0.15) is 12.0 Å². The lowest BCUT2D eigenvalue weighted by atomic mass is 9.85. The highest BCUT2D eigenvalue weighted by Gasteiger charge is 2.30. The van der Waals surface area contributed by atoms with E-state index < -0.39 is 0 Å². The average molecular weight is 328 g/mol. The molecule has 0 saturated carbocycles. The van der Waals surface area contributed by atoms with Gasteiger partial charge in [0.05, 0.1) is 18.9 Å². The number of rotatable bonds is 5. The Hall–Kier alpha value is -2.27. The van der Waals surface area contributed by atoms with Gasteiger partial charge in [-0.05, 0) is 56.1 Å². The van der Waals surface area contributed by atoms with Crippen LogP contribution in [0.5, 0.6) is 5.75 Å². The summed E-state index contributed by atoms with van der Waals surface area (Å²) >= 11 is 0. The van der Waals surface area contributed by atoms with Gasteiger partial charge in [0.15, 0.2) is 0 Å². The van der Waals surface area contributed by atoms with E-state index in [-0.39, 0.29) is 5.91 Å². The number of carbonyl (C=O) groups excluding carboxylic acids is 1. The highest BCUT2D eigenvalue weighted by Crippen LogP contribution is 2.35. The Labute approximate surface area is 142 Å². The van der Waals surface area contributed by atoms with Crippen molar-refractivity contribution in [2.24, 2.45) is 5.92 Å². The number of nitrogens with zero attached hydrogens (tertiary/aromatic N) is 1. The predicted octanol–water partition coefficient (Wildman–Crippen LogP) is 3.10. The van der Waals surface area contributed by atoms with Crippen LogP contribution in [-0.2, 0) is 0 Å². The third-order valence-electron chi connectivity index (χ3n) is 4.77. The molecule has 1 amide bonds. The van der Waals surface area contributed by atoms with Crippen molar-refractivity contribution in [3.05, 3.63) is 54.0 Å². The Morgan fingerprint density at radius 1 is 1.33 bits per heavy atom. The van der Waals surface area contributed by atoms with Gasteiger partial charge in [0.2, 0.25) is 0 Å². The van der Waals surface area contributed by atoms with Gasteiger partial charge in [-0.1, -0.05) is 12.1 Å². The number of hydrogen-bond acceptors (Lipinski definition) is 4. The fourth-order valence-electron chi connectivity index (χ4n) is 3.52. The summed E-state index contributed by atoms with van der Waals surface area (Å²) in [5, 5.41) is 3.05. The predicted molar refractivity (Wildman–Crippen MR) is 92.1 cm³/mol. The Bertz CT molecular complexity index is 652. The number of nitrogens with one attached hydrogen (secondary N) is 1. The van der Waals surface area contributed by atoms with Crippen molar-refractivity contribution in [2.75, 3.05) is 27.2 Å². The van der Waals surface area contributed by atoms with Gasteiger partial charge >= 0.3 is 0 Å². The molecule has 1 aromatic carbocycles. The quantitative estimate of drug-likeness (QED) is 0.916. The van der Waals surface area contributed by atoms with Crippen LogP contribution in [0.3, 0.4) is 0 Å². The molecule has 1 aliphatic heterocycles. The molecule has 2 atom stereocenters. The first kappa shape index (κ1) is 16.6. The molecule has 5 heteroatoms. The number of likely N-dealkylation sites (tertiary alicyclic amines) is 1. The van der Waals surface area contributed by atoms with Crippen molar-refractivity contribution < 1.29 is 13.9 Å². The van der Waals surface area contributed by atoms with Gasteiger partial charge in [-0.15, -0.1) is 0 Å². The standard InChI is InChI=1S/C19H24N2O3/c1-21-10-3-4-15(12-20-19(22)16-9-11-24-13-16)18(21)14-5-7-17(23-2)8-6-14/h5-9,11,13,15,18H,3-4,10,12H2,1-2H3,(H,20,22). The lowest BCUT2D eigenvalue weighted by Crippen LogP contribution is -2.41. The number of piperidine rings is 1. The van der Waals surface area contributed by atoms with Crippen molar-refractivity contribution in [1.82, 2.24) is 10.2 Å². The van der Waals surface area contributed by atoms with Crippen molar-refractivity contribution in [1.29, 1.82) is 0 Å². The number of ether oxygens (including phenoxy) is 1. The van der Waals surface area contributed by atoms with Crippen LogP contribution in [-0.4, -0.2) is 38.1 Å². The molecule has 2 heterocycles.